The molecule has 5 nitrogen and oxygen atoms in total. The first-order valence-corrected chi connectivity index (χ1v) is 7.70. The number of terminal acetylenes is 1. The van der Waals surface area contributed by atoms with E-state index in [1.165, 1.54) is 12.1 Å². The fourth-order valence-corrected chi connectivity index (χ4v) is 2.58. The molecular formula is C17H24FIN4O. The van der Waals surface area contributed by atoms with Gasteiger partial charge in [0.1, 0.15) is 5.82 Å². The fraction of sp³-hybridized carbons (Fsp3) is 0.471. The average molecular weight is 446 g/mol. The van der Waals surface area contributed by atoms with Crippen LogP contribution >= 0.6 is 24.0 Å². The Labute approximate surface area is 160 Å². The van der Waals surface area contributed by atoms with Crippen molar-refractivity contribution < 1.29 is 9.13 Å². The summed E-state index contributed by atoms with van der Waals surface area (Å²) in [4.78, 5) is 6.48. The summed E-state index contributed by atoms with van der Waals surface area (Å²) in [6, 6.07) is 6.76. The molecule has 0 saturated carbocycles. The standard InChI is InChI=1S/C17H23FN4O.HI/c1-3-8-20-17(19-2)21-13-16(22-9-11-23-12-10-22)14-4-6-15(18)7-5-14;/h1,4-7,16H,8-13H2,2H3,(H2,19,20,21);1H. The number of halogens is 2. The van der Waals surface area contributed by atoms with Crippen molar-refractivity contribution in [2.75, 3.05) is 46.4 Å². The Balaban J connectivity index is 0.00000288. The molecule has 1 atom stereocenters. The van der Waals surface area contributed by atoms with Gasteiger partial charge in [-0.3, -0.25) is 9.89 Å². The minimum absolute atomic E-state index is 0. The summed E-state index contributed by atoms with van der Waals surface area (Å²) in [5.41, 5.74) is 1.06. The van der Waals surface area contributed by atoms with Crippen LogP contribution in [0.1, 0.15) is 11.6 Å². The molecule has 24 heavy (non-hydrogen) atoms. The number of benzene rings is 1. The van der Waals surface area contributed by atoms with E-state index >= 15 is 0 Å². The molecule has 1 aliphatic rings. The number of hydrogen-bond acceptors (Lipinski definition) is 3. The van der Waals surface area contributed by atoms with Crippen LogP contribution in [0, 0.1) is 18.2 Å². The molecule has 0 aliphatic carbocycles. The number of rotatable bonds is 5. The van der Waals surface area contributed by atoms with E-state index in [9.17, 15) is 4.39 Å². The summed E-state index contributed by atoms with van der Waals surface area (Å²) in [5, 5.41) is 6.32. The van der Waals surface area contributed by atoms with Gasteiger partial charge >= 0.3 is 0 Å². The first-order chi connectivity index (χ1) is 11.2. The van der Waals surface area contributed by atoms with Gasteiger partial charge in [-0.1, -0.05) is 18.1 Å². The number of guanidine groups is 1. The second-order valence-corrected chi connectivity index (χ2v) is 5.23. The van der Waals surface area contributed by atoms with Crippen LogP contribution in [0.25, 0.3) is 0 Å². The summed E-state index contributed by atoms with van der Waals surface area (Å²) in [6.07, 6.45) is 5.26. The van der Waals surface area contributed by atoms with Gasteiger partial charge < -0.3 is 15.4 Å². The van der Waals surface area contributed by atoms with Crippen molar-refractivity contribution >= 4 is 29.9 Å². The summed E-state index contributed by atoms with van der Waals surface area (Å²) in [7, 11) is 1.70. The number of morpholine rings is 1. The smallest absolute Gasteiger partial charge is 0.191 e. The molecule has 1 aromatic carbocycles. The quantitative estimate of drug-likeness (QED) is 0.313. The third kappa shape index (κ3) is 6.26. The highest BCUT2D eigenvalue weighted by Gasteiger charge is 2.22. The van der Waals surface area contributed by atoms with Gasteiger partial charge in [0.05, 0.1) is 25.8 Å². The molecule has 132 valence electrons. The van der Waals surface area contributed by atoms with E-state index in [1.807, 2.05) is 12.1 Å². The Morgan fingerprint density at radius 3 is 2.58 bits per heavy atom. The third-order valence-corrected chi connectivity index (χ3v) is 3.79. The highest BCUT2D eigenvalue weighted by Crippen LogP contribution is 2.21. The fourth-order valence-electron chi connectivity index (χ4n) is 2.58. The molecule has 0 spiro atoms. The van der Waals surface area contributed by atoms with E-state index in [4.69, 9.17) is 11.2 Å². The van der Waals surface area contributed by atoms with Crippen LogP contribution in [0.15, 0.2) is 29.3 Å². The van der Waals surface area contributed by atoms with Gasteiger partial charge in [-0.15, -0.1) is 30.4 Å². The van der Waals surface area contributed by atoms with Gasteiger partial charge in [0.2, 0.25) is 0 Å². The maximum absolute atomic E-state index is 13.2. The maximum Gasteiger partial charge on any atom is 0.191 e. The van der Waals surface area contributed by atoms with E-state index in [1.54, 1.807) is 7.05 Å². The van der Waals surface area contributed by atoms with Gasteiger partial charge in [0.25, 0.3) is 0 Å². The molecule has 0 radical (unpaired) electrons. The lowest BCUT2D eigenvalue weighted by Crippen LogP contribution is -2.46. The summed E-state index contributed by atoms with van der Waals surface area (Å²) < 4.78 is 18.6. The zero-order chi connectivity index (χ0) is 16.5. The predicted octanol–water partition coefficient (Wildman–Crippen LogP) is 1.62. The lowest BCUT2D eigenvalue weighted by molar-refractivity contribution is 0.0170. The molecule has 0 bridgehead atoms. The lowest BCUT2D eigenvalue weighted by atomic mass is 10.0. The van der Waals surface area contributed by atoms with E-state index in [-0.39, 0.29) is 35.8 Å². The second-order valence-electron chi connectivity index (χ2n) is 5.23. The topological polar surface area (TPSA) is 48.9 Å². The molecule has 7 heteroatoms. The summed E-state index contributed by atoms with van der Waals surface area (Å²) in [6.45, 7) is 4.18. The number of nitrogens with zero attached hydrogens (tertiary/aromatic N) is 2. The van der Waals surface area contributed by atoms with Crippen molar-refractivity contribution in [3.8, 4) is 12.3 Å². The molecular weight excluding hydrogens is 422 g/mol. The van der Waals surface area contributed by atoms with Crippen LogP contribution in [-0.4, -0.2) is 57.3 Å². The van der Waals surface area contributed by atoms with Gasteiger partial charge in [-0.25, -0.2) is 4.39 Å². The monoisotopic (exact) mass is 446 g/mol. The van der Waals surface area contributed by atoms with Crippen LogP contribution in [0.2, 0.25) is 0 Å². The minimum atomic E-state index is -0.228. The Hall–Kier alpha value is -1.37. The molecule has 2 rings (SSSR count). The number of hydrogen-bond donors (Lipinski definition) is 2. The van der Waals surface area contributed by atoms with Crippen molar-refractivity contribution in [1.82, 2.24) is 15.5 Å². The first kappa shape index (κ1) is 20.7. The SMILES string of the molecule is C#CCNC(=NC)NCC(c1ccc(F)cc1)N1CCOCC1.I. The van der Waals surface area contributed by atoms with Gasteiger partial charge in [-0.05, 0) is 17.7 Å². The number of aliphatic imine (C=N–C) groups is 1. The summed E-state index contributed by atoms with van der Waals surface area (Å²) >= 11 is 0. The van der Waals surface area contributed by atoms with Crippen LogP contribution in [-0.2, 0) is 4.74 Å². The summed E-state index contributed by atoms with van der Waals surface area (Å²) in [5.74, 6) is 2.95. The molecule has 1 unspecified atom stereocenters. The average Bonchev–Trinajstić information content (AvgIpc) is 2.60. The first-order valence-electron chi connectivity index (χ1n) is 7.70. The van der Waals surface area contributed by atoms with Crippen LogP contribution in [0.5, 0.6) is 0 Å². The van der Waals surface area contributed by atoms with Crippen LogP contribution < -0.4 is 10.6 Å². The molecule has 2 N–H and O–H groups in total. The largest absolute Gasteiger partial charge is 0.379 e. The predicted molar refractivity (Wildman–Crippen MR) is 105 cm³/mol. The van der Waals surface area contributed by atoms with Crippen molar-refractivity contribution in [3.05, 3.63) is 35.6 Å². The normalized spacial score (nSPS) is 16.6. The zero-order valence-corrected chi connectivity index (χ0v) is 16.1. The number of ether oxygens (including phenoxy) is 1. The van der Waals surface area contributed by atoms with Crippen LogP contribution in [0.3, 0.4) is 0 Å². The van der Waals surface area contributed by atoms with E-state index in [0.29, 0.717) is 32.3 Å². The zero-order valence-electron chi connectivity index (χ0n) is 13.8. The van der Waals surface area contributed by atoms with E-state index in [2.05, 4.69) is 26.4 Å². The van der Waals surface area contributed by atoms with Crippen molar-refractivity contribution in [2.24, 2.45) is 4.99 Å². The van der Waals surface area contributed by atoms with E-state index in [0.717, 1.165) is 18.7 Å². The number of nitrogens with one attached hydrogen (secondary N) is 2. The van der Waals surface area contributed by atoms with Crippen molar-refractivity contribution in [2.45, 2.75) is 6.04 Å². The minimum Gasteiger partial charge on any atom is -0.379 e. The molecule has 1 saturated heterocycles. The Morgan fingerprint density at radius 2 is 2.00 bits per heavy atom. The lowest BCUT2D eigenvalue weighted by Gasteiger charge is -2.35. The Bertz CT molecular complexity index is 553. The Morgan fingerprint density at radius 1 is 1.33 bits per heavy atom. The highest BCUT2D eigenvalue weighted by atomic mass is 127. The third-order valence-electron chi connectivity index (χ3n) is 3.79. The van der Waals surface area contributed by atoms with E-state index < -0.39 is 0 Å². The molecule has 1 heterocycles. The second kappa shape index (κ2) is 11.2. The molecule has 1 aliphatic heterocycles. The van der Waals surface area contributed by atoms with Crippen LogP contribution in [0.4, 0.5) is 4.39 Å². The Kier molecular flexibility index (Phi) is 9.67. The molecule has 0 amide bonds. The van der Waals surface area contributed by atoms with Crippen molar-refractivity contribution in [3.63, 3.8) is 0 Å². The van der Waals surface area contributed by atoms with Gasteiger partial charge in [0.15, 0.2) is 5.96 Å². The maximum atomic E-state index is 13.2. The van der Waals surface area contributed by atoms with Gasteiger partial charge in [-0.2, -0.15) is 0 Å². The molecule has 1 aromatic rings. The molecule has 1 fully saturated rings. The molecule has 0 aromatic heterocycles. The van der Waals surface area contributed by atoms with Gasteiger partial charge in [0, 0.05) is 26.7 Å². The highest BCUT2D eigenvalue weighted by molar-refractivity contribution is 14.0. The van der Waals surface area contributed by atoms with Crippen molar-refractivity contribution in [1.29, 1.82) is 0 Å².